The number of unbranched alkanes of at least 4 members (excludes halogenated alkanes) is 1. The number of benzene rings is 12. The van der Waals surface area contributed by atoms with Gasteiger partial charge in [-0.05, 0) is 174 Å². The molecule has 2 aliphatic carbocycles. The van der Waals surface area contributed by atoms with E-state index in [1.54, 1.807) is 36.4 Å². The van der Waals surface area contributed by atoms with E-state index in [-0.39, 0.29) is 23.0 Å². The summed E-state index contributed by atoms with van der Waals surface area (Å²) in [5.41, 5.74) is 11.1. The van der Waals surface area contributed by atoms with Crippen LogP contribution in [0.2, 0.25) is 0 Å². The summed E-state index contributed by atoms with van der Waals surface area (Å²) in [6.45, 7) is 1.10. The maximum atomic E-state index is 12.2. The van der Waals surface area contributed by atoms with E-state index >= 15 is 0 Å². The zero-order valence-electron chi connectivity index (χ0n) is 41.4. The molecular formula is C70H50O6. The molecule has 0 atom stereocenters. The molecule has 12 aromatic rings. The van der Waals surface area contributed by atoms with E-state index in [4.69, 9.17) is 9.47 Å². The van der Waals surface area contributed by atoms with Crippen molar-refractivity contribution in [1.82, 2.24) is 0 Å². The highest BCUT2D eigenvalue weighted by Gasteiger charge is 2.49. The Labute approximate surface area is 439 Å². The van der Waals surface area contributed by atoms with Crippen LogP contribution in [0.1, 0.15) is 57.3 Å². The Bertz CT molecular complexity index is 3960. The minimum Gasteiger partial charge on any atom is -0.508 e. The molecule has 0 saturated heterocycles. The number of phenols is 4. The van der Waals surface area contributed by atoms with Crippen molar-refractivity contribution in [1.29, 1.82) is 0 Å². The Kier molecular flexibility index (Phi) is 10.4. The van der Waals surface area contributed by atoms with E-state index in [1.165, 1.54) is 0 Å². The molecule has 12 aromatic carbocycles. The molecular weight excluding hydrogens is 937 g/mol. The lowest BCUT2D eigenvalue weighted by molar-refractivity contribution is 0.267. The van der Waals surface area contributed by atoms with Gasteiger partial charge in [-0.15, -0.1) is 0 Å². The smallest absolute Gasteiger partial charge is 0.128 e. The lowest BCUT2D eigenvalue weighted by atomic mass is 9.66. The van der Waals surface area contributed by atoms with Gasteiger partial charge < -0.3 is 29.9 Å². The Morgan fingerprint density at radius 3 is 1.03 bits per heavy atom. The standard InChI is InChI=1S/C70H50O6/c71-51-27-31-55-47(39-51)23-33-65(67(55)73)69(61-15-5-1-11-57(61)58-12-2-6-16-62(58)69)49-25-19-45-41-53(29-21-43(45)37-49)75-35-9-10-36-76-54-30-22-44-38-50(26-20-46(44)42-54)70(66-34-24-48-40-52(72)28-32-56(48)68(66)74)63-17-7-3-13-59(63)60-14-4-8-18-64(60)70/h1-8,11-34,37-42,71-74H,9-10,35-36H2. The van der Waals surface area contributed by atoms with Gasteiger partial charge >= 0.3 is 0 Å². The zero-order chi connectivity index (χ0) is 51.1. The van der Waals surface area contributed by atoms with E-state index in [9.17, 15) is 20.4 Å². The second-order valence-electron chi connectivity index (χ2n) is 20.3. The first-order chi connectivity index (χ1) is 37.3. The van der Waals surface area contributed by atoms with Gasteiger partial charge in [0.2, 0.25) is 0 Å². The molecule has 0 unspecified atom stereocenters. The highest BCUT2D eigenvalue weighted by Crippen LogP contribution is 2.60. The molecule has 0 radical (unpaired) electrons. The van der Waals surface area contributed by atoms with Crippen molar-refractivity contribution in [2.75, 3.05) is 13.2 Å². The second kappa shape index (κ2) is 17.6. The molecule has 0 aliphatic heterocycles. The predicted octanol–water partition coefficient (Wildman–Crippen LogP) is 16.1. The number of ether oxygens (including phenoxy) is 2. The highest BCUT2D eigenvalue weighted by molar-refractivity contribution is 5.97. The van der Waals surface area contributed by atoms with Crippen LogP contribution in [0.15, 0.2) is 231 Å². The molecule has 366 valence electrons. The van der Waals surface area contributed by atoms with Gasteiger partial charge in [-0.2, -0.15) is 0 Å². The van der Waals surface area contributed by atoms with Crippen LogP contribution < -0.4 is 9.47 Å². The van der Waals surface area contributed by atoms with Gasteiger partial charge in [-0.25, -0.2) is 0 Å². The minimum atomic E-state index is -0.802. The Balaban J connectivity index is 0.691. The van der Waals surface area contributed by atoms with Crippen molar-refractivity contribution in [2.24, 2.45) is 0 Å². The topological polar surface area (TPSA) is 99.4 Å². The molecule has 0 heterocycles. The van der Waals surface area contributed by atoms with Crippen molar-refractivity contribution < 1.29 is 29.9 Å². The maximum absolute atomic E-state index is 12.2. The molecule has 0 aromatic heterocycles. The molecule has 0 bridgehead atoms. The van der Waals surface area contributed by atoms with Gasteiger partial charge in [-0.3, -0.25) is 0 Å². The fraction of sp³-hybridized carbons (Fsp3) is 0.0857. The van der Waals surface area contributed by atoms with Crippen molar-refractivity contribution in [3.05, 3.63) is 275 Å². The van der Waals surface area contributed by atoms with Gasteiger partial charge in [0.05, 0.1) is 24.0 Å². The third-order valence-corrected chi connectivity index (χ3v) is 16.2. The van der Waals surface area contributed by atoms with Crippen molar-refractivity contribution in [3.63, 3.8) is 0 Å². The fourth-order valence-electron chi connectivity index (χ4n) is 12.9. The van der Waals surface area contributed by atoms with E-state index < -0.39 is 10.8 Å². The summed E-state index contributed by atoms with van der Waals surface area (Å²) >= 11 is 0. The summed E-state index contributed by atoms with van der Waals surface area (Å²) in [5, 5.41) is 52.1. The van der Waals surface area contributed by atoms with Crippen LogP contribution in [0.3, 0.4) is 0 Å². The minimum absolute atomic E-state index is 0.158. The quantitative estimate of drug-likeness (QED) is 0.0964. The first kappa shape index (κ1) is 45.1. The highest BCUT2D eigenvalue weighted by atomic mass is 16.5. The van der Waals surface area contributed by atoms with Gasteiger partial charge in [0.25, 0.3) is 0 Å². The second-order valence-corrected chi connectivity index (χ2v) is 20.3. The SMILES string of the molecule is Oc1ccc2c(O)c(C3(c4ccc5cc(OCCCCOc6ccc7cc(C8(c9ccc%10cc(O)ccc%10c9O)c9ccccc9-c9ccccc98)ccc7c6)ccc5c4)c4ccccc4-c4ccccc43)ccc2c1. The van der Waals surface area contributed by atoms with Gasteiger partial charge in [-0.1, -0.05) is 158 Å². The first-order valence-electron chi connectivity index (χ1n) is 25.9. The number of fused-ring (bicyclic) bond motifs is 10. The van der Waals surface area contributed by atoms with E-state index in [2.05, 4.69) is 158 Å². The van der Waals surface area contributed by atoms with Crippen LogP contribution in [-0.2, 0) is 10.8 Å². The molecule has 2 aliphatic rings. The van der Waals surface area contributed by atoms with Crippen LogP contribution in [0.25, 0.3) is 65.3 Å². The van der Waals surface area contributed by atoms with E-state index in [0.717, 1.165) is 123 Å². The number of phenolic OH excluding ortho intramolecular Hbond substituents is 4. The molecule has 0 spiro atoms. The summed E-state index contributed by atoms with van der Waals surface area (Å²) in [5.74, 6) is 2.32. The molecule has 0 fully saturated rings. The zero-order valence-corrected chi connectivity index (χ0v) is 41.4. The third kappa shape index (κ3) is 6.80. The van der Waals surface area contributed by atoms with Crippen molar-refractivity contribution in [2.45, 2.75) is 23.7 Å². The fourth-order valence-corrected chi connectivity index (χ4v) is 12.9. The number of hydrogen-bond donors (Lipinski definition) is 4. The molecule has 0 saturated carbocycles. The maximum Gasteiger partial charge on any atom is 0.128 e. The molecule has 0 amide bonds. The normalized spacial score (nSPS) is 13.6. The Hall–Kier alpha value is -9.52. The average Bonchev–Trinajstić information content (AvgIpc) is 4.00. The van der Waals surface area contributed by atoms with Crippen molar-refractivity contribution in [3.8, 4) is 56.8 Å². The van der Waals surface area contributed by atoms with Crippen molar-refractivity contribution >= 4 is 43.1 Å². The van der Waals surface area contributed by atoms with Crippen LogP contribution in [-0.4, -0.2) is 33.6 Å². The van der Waals surface area contributed by atoms with Crippen LogP contribution in [0, 0.1) is 0 Å². The first-order valence-corrected chi connectivity index (χ1v) is 25.9. The van der Waals surface area contributed by atoms with Gasteiger partial charge in [0.15, 0.2) is 0 Å². The predicted molar refractivity (Wildman–Crippen MR) is 304 cm³/mol. The summed E-state index contributed by atoms with van der Waals surface area (Å²) in [6.07, 6.45) is 1.63. The van der Waals surface area contributed by atoms with Crippen LogP contribution >= 0.6 is 0 Å². The molecule has 4 N–H and O–H groups in total. The Morgan fingerprint density at radius 2 is 0.632 bits per heavy atom. The molecule has 6 nitrogen and oxygen atoms in total. The Morgan fingerprint density at radius 1 is 0.289 bits per heavy atom. The molecule has 14 rings (SSSR count). The lowest BCUT2D eigenvalue weighted by Gasteiger charge is -2.34. The van der Waals surface area contributed by atoms with E-state index in [1.807, 2.05) is 36.4 Å². The monoisotopic (exact) mass is 986 g/mol. The summed E-state index contributed by atoms with van der Waals surface area (Å²) in [4.78, 5) is 0. The van der Waals surface area contributed by atoms with Gasteiger partial charge in [0, 0.05) is 21.9 Å². The van der Waals surface area contributed by atoms with Crippen LogP contribution in [0.4, 0.5) is 0 Å². The lowest BCUT2D eigenvalue weighted by Crippen LogP contribution is -2.28. The van der Waals surface area contributed by atoms with Crippen LogP contribution in [0.5, 0.6) is 34.5 Å². The van der Waals surface area contributed by atoms with Gasteiger partial charge in [0.1, 0.15) is 34.5 Å². The summed E-state index contributed by atoms with van der Waals surface area (Å²) < 4.78 is 12.7. The third-order valence-electron chi connectivity index (χ3n) is 16.2. The average molecular weight is 987 g/mol. The molecule has 6 heteroatoms. The number of aromatic hydroxyl groups is 4. The molecule has 76 heavy (non-hydrogen) atoms. The summed E-state index contributed by atoms with van der Waals surface area (Å²) in [7, 11) is 0. The summed E-state index contributed by atoms with van der Waals surface area (Å²) in [6, 6.07) is 77.9. The number of rotatable bonds is 11. The number of hydrogen-bond acceptors (Lipinski definition) is 6. The largest absolute Gasteiger partial charge is 0.508 e. The van der Waals surface area contributed by atoms with E-state index in [0.29, 0.717) is 24.0 Å².